The molecule has 2 bridgehead atoms. The van der Waals surface area contributed by atoms with Crippen molar-refractivity contribution in [3.8, 4) is 0 Å². The highest BCUT2D eigenvalue weighted by atomic mass is 16.3. The molecule has 1 aromatic rings. The fourth-order valence-electron chi connectivity index (χ4n) is 3.41. The first kappa shape index (κ1) is 15.6. The van der Waals surface area contributed by atoms with Gasteiger partial charge in [0.2, 0.25) is 0 Å². The number of fused-ring (bicyclic) bond motifs is 5. The summed E-state index contributed by atoms with van der Waals surface area (Å²) in [7, 11) is 0. The second-order valence-electron chi connectivity index (χ2n) is 6.16. The Kier molecular flexibility index (Phi) is 3.64. The van der Waals surface area contributed by atoms with Gasteiger partial charge in [-0.1, -0.05) is 30.4 Å². The normalized spacial score (nSPS) is 18.6. The lowest BCUT2D eigenvalue weighted by molar-refractivity contribution is 0.0779. The number of nitrogens with zero attached hydrogens (tertiary/aromatic N) is 2. The number of furan rings is 1. The van der Waals surface area contributed by atoms with E-state index in [-0.39, 0.29) is 11.9 Å². The lowest BCUT2D eigenvalue weighted by atomic mass is 9.99. The van der Waals surface area contributed by atoms with E-state index in [1.807, 2.05) is 43.4 Å². The Labute approximate surface area is 145 Å². The van der Waals surface area contributed by atoms with Crippen molar-refractivity contribution in [2.45, 2.75) is 20.3 Å². The van der Waals surface area contributed by atoms with Crippen LogP contribution in [0.3, 0.4) is 0 Å². The van der Waals surface area contributed by atoms with Crippen LogP contribution in [-0.2, 0) is 0 Å². The molecule has 4 rings (SSSR count). The molecule has 5 heteroatoms. The fraction of sp³-hybridized carbons (Fsp3) is 0.250. The summed E-state index contributed by atoms with van der Waals surface area (Å²) in [5, 5.41) is 0. The van der Waals surface area contributed by atoms with Crippen LogP contribution in [0.15, 0.2) is 45.9 Å². The molecule has 0 N–H and O–H groups in total. The number of urea groups is 1. The Morgan fingerprint density at radius 2 is 1.88 bits per heavy atom. The summed E-state index contributed by atoms with van der Waals surface area (Å²) in [6.45, 7) is 4.46. The van der Waals surface area contributed by atoms with Gasteiger partial charge in [-0.15, -0.1) is 0 Å². The van der Waals surface area contributed by atoms with Gasteiger partial charge in [-0.25, -0.2) is 4.79 Å². The highest BCUT2D eigenvalue weighted by Crippen LogP contribution is 2.21. The summed E-state index contributed by atoms with van der Waals surface area (Å²) >= 11 is 0. The molecule has 2 aliphatic carbocycles. The number of hydrogen-bond acceptors (Lipinski definition) is 3. The molecule has 0 spiro atoms. The van der Waals surface area contributed by atoms with Gasteiger partial charge in [0, 0.05) is 5.56 Å². The third-order valence-corrected chi connectivity index (χ3v) is 4.67. The summed E-state index contributed by atoms with van der Waals surface area (Å²) < 4.78 is 7.53. The standard InChI is InChI=1S/C20H19N2O3/c1-3-21-18(23)17-15-10-9-13-7-5-6-8-14(11-13)12-16(15)25-19(17)22(4-2)20(21)24/h5-10,12H,3-4,11H2,1-2H3/q+1. The third-order valence-electron chi connectivity index (χ3n) is 4.67. The molecule has 3 aliphatic rings. The Balaban J connectivity index is 2.08. The van der Waals surface area contributed by atoms with E-state index in [0.29, 0.717) is 29.6 Å². The van der Waals surface area contributed by atoms with Crippen molar-refractivity contribution in [3.63, 3.8) is 0 Å². The van der Waals surface area contributed by atoms with Crippen LogP contribution >= 0.6 is 0 Å². The largest absolute Gasteiger partial charge is 0.503 e. The Bertz CT molecular complexity index is 1030. The first-order valence-electron chi connectivity index (χ1n) is 8.53. The molecule has 126 valence electrons. The Hall–Kier alpha value is -2.95. The molecule has 0 saturated carbocycles. The number of imide groups is 1. The van der Waals surface area contributed by atoms with Crippen molar-refractivity contribution in [3.05, 3.63) is 63.6 Å². The molecular weight excluding hydrogens is 316 g/mol. The second kappa shape index (κ2) is 5.84. The van der Waals surface area contributed by atoms with E-state index in [1.165, 1.54) is 9.48 Å². The number of rotatable bonds is 2. The highest BCUT2D eigenvalue weighted by Gasteiger charge is 2.42. The zero-order chi connectivity index (χ0) is 17.6. The van der Waals surface area contributed by atoms with Crippen LogP contribution < -0.4 is 15.5 Å². The van der Waals surface area contributed by atoms with Gasteiger partial charge in [0.05, 0.1) is 13.1 Å². The molecular formula is C20H19N2O3+. The summed E-state index contributed by atoms with van der Waals surface area (Å²) in [5.41, 5.74) is 4.45. The van der Waals surface area contributed by atoms with E-state index in [1.54, 1.807) is 6.92 Å². The van der Waals surface area contributed by atoms with Crippen molar-refractivity contribution < 1.29 is 14.0 Å². The van der Waals surface area contributed by atoms with Crippen LogP contribution in [0, 0.1) is 0 Å². The molecule has 2 heterocycles. The molecule has 0 fully saturated rings. The van der Waals surface area contributed by atoms with Gasteiger partial charge in [0.1, 0.15) is 5.42 Å². The zero-order valence-electron chi connectivity index (χ0n) is 14.3. The average molecular weight is 335 g/mol. The predicted octanol–water partition coefficient (Wildman–Crippen LogP) is 2.01. The summed E-state index contributed by atoms with van der Waals surface area (Å²) in [4.78, 5) is 26.7. The van der Waals surface area contributed by atoms with Crippen LogP contribution in [0.1, 0.15) is 36.2 Å². The van der Waals surface area contributed by atoms with Gasteiger partial charge >= 0.3 is 17.5 Å². The number of hydrogen-bond donors (Lipinski definition) is 0. The zero-order valence-corrected chi connectivity index (χ0v) is 14.3. The predicted molar refractivity (Wildman–Crippen MR) is 95.3 cm³/mol. The quantitative estimate of drug-likeness (QED) is 0.777. The topological polar surface area (TPSA) is 53.5 Å². The van der Waals surface area contributed by atoms with E-state index in [2.05, 4.69) is 6.08 Å². The lowest BCUT2D eigenvalue weighted by Crippen LogP contribution is -2.54. The minimum atomic E-state index is -0.325. The minimum absolute atomic E-state index is 0.292. The summed E-state index contributed by atoms with van der Waals surface area (Å²) in [5.74, 6) is -0.292. The van der Waals surface area contributed by atoms with Crippen LogP contribution in [0.4, 0.5) is 4.79 Å². The van der Waals surface area contributed by atoms with Crippen molar-refractivity contribution in [2.75, 3.05) is 13.1 Å². The second-order valence-corrected chi connectivity index (χ2v) is 6.16. The lowest BCUT2D eigenvalue weighted by Gasteiger charge is -2.15. The number of amides is 3. The van der Waals surface area contributed by atoms with E-state index in [9.17, 15) is 9.59 Å². The van der Waals surface area contributed by atoms with Crippen LogP contribution in [0.5, 0.6) is 0 Å². The molecule has 5 nitrogen and oxygen atoms in total. The average Bonchev–Trinajstić information content (AvgIpc) is 2.77. The Morgan fingerprint density at radius 1 is 1.12 bits per heavy atom. The molecule has 0 unspecified atom stereocenters. The van der Waals surface area contributed by atoms with Gasteiger partial charge in [0.25, 0.3) is 0 Å². The molecule has 0 aromatic carbocycles. The van der Waals surface area contributed by atoms with Crippen molar-refractivity contribution in [1.82, 2.24) is 9.48 Å². The van der Waals surface area contributed by atoms with Crippen LogP contribution in [0.2, 0.25) is 0 Å². The number of carbonyl (C=O) groups is 2. The molecule has 0 saturated heterocycles. The highest BCUT2D eigenvalue weighted by molar-refractivity contribution is 6.08. The third kappa shape index (κ3) is 2.35. The summed E-state index contributed by atoms with van der Waals surface area (Å²) in [6, 6.07) is -0.325. The van der Waals surface area contributed by atoms with E-state index in [0.717, 1.165) is 23.1 Å². The van der Waals surface area contributed by atoms with Crippen molar-refractivity contribution in [1.29, 1.82) is 0 Å². The molecule has 3 amide bonds. The van der Waals surface area contributed by atoms with Crippen LogP contribution in [-0.4, -0.2) is 29.9 Å². The van der Waals surface area contributed by atoms with Crippen molar-refractivity contribution in [2.24, 2.45) is 0 Å². The van der Waals surface area contributed by atoms with Gasteiger partial charge in [-0.2, -0.15) is 14.3 Å². The smallest absolute Gasteiger partial charge is 0.422 e. The first-order valence-corrected chi connectivity index (χ1v) is 8.53. The first-order chi connectivity index (χ1) is 12.1. The summed E-state index contributed by atoms with van der Waals surface area (Å²) in [6.07, 6.45) is 14.8. The molecule has 0 radical (unpaired) electrons. The minimum Gasteiger partial charge on any atom is -0.422 e. The van der Waals surface area contributed by atoms with E-state index < -0.39 is 0 Å². The van der Waals surface area contributed by atoms with Gasteiger partial charge in [0.15, 0.2) is 5.56 Å². The fourth-order valence-corrected chi connectivity index (χ4v) is 3.41. The Morgan fingerprint density at radius 3 is 2.60 bits per heavy atom. The molecule has 1 aliphatic heterocycles. The van der Waals surface area contributed by atoms with E-state index in [4.69, 9.17) is 4.42 Å². The van der Waals surface area contributed by atoms with Crippen molar-refractivity contribution >= 4 is 24.1 Å². The number of allylic oxidation sites excluding steroid dienone is 7. The van der Waals surface area contributed by atoms with Gasteiger partial charge in [-0.3, -0.25) is 0 Å². The van der Waals surface area contributed by atoms with E-state index >= 15 is 0 Å². The molecule has 0 atom stereocenters. The van der Waals surface area contributed by atoms with Gasteiger partial charge in [-0.05, 0) is 43.6 Å². The molecule has 25 heavy (non-hydrogen) atoms. The maximum absolute atomic E-state index is 12.9. The monoisotopic (exact) mass is 335 g/mol. The number of carbonyl (C=O) groups excluding carboxylic acids is 2. The maximum atomic E-state index is 12.9. The van der Waals surface area contributed by atoms with Crippen LogP contribution in [0.25, 0.3) is 12.2 Å². The maximum Gasteiger partial charge on any atom is 0.503 e. The van der Waals surface area contributed by atoms with Gasteiger partial charge < -0.3 is 4.42 Å². The SMILES string of the molecule is CCN1C(=O)c2c3c(oc2=[N+](CC)C1=O)=CC1=CC=CC=C(C=C3)C1. The molecule has 1 aromatic heterocycles.